The van der Waals surface area contributed by atoms with Crippen molar-refractivity contribution >= 4 is 23.2 Å². The molecule has 0 aromatic rings. The Hall–Kier alpha value is -0.640. The van der Waals surface area contributed by atoms with Crippen molar-refractivity contribution in [2.45, 2.75) is 0 Å². The van der Waals surface area contributed by atoms with Crippen LogP contribution in [0, 0.1) is 6.54 Å². The number of amides is 1. The molecule has 36 valence electrons. The van der Waals surface area contributed by atoms with Crippen molar-refractivity contribution in [3.05, 3.63) is 6.54 Å². The van der Waals surface area contributed by atoms with Crippen molar-refractivity contribution in [1.82, 2.24) is 10.6 Å². The second-order valence-corrected chi connectivity index (χ2v) is 1.44. The highest BCUT2D eigenvalue weighted by Gasteiger charge is 2.12. The van der Waals surface area contributed by atoms with Crippen molar-refractivity contribution < 1.29 is 4.79 Å². The van der Waals surface area contributed by atoms with Gasteiger partial charge in [0.15, 0.2) is 11.7 Å². The largest absolute Gasteiger partial charge is 0.343 e. The minimum atomic E-state index is -0.301. The van der Waals surface area contributed by atoms with Crippen molar-refractivity contribution in [1.29, 1.82) is 0 Å². The summed E-state index contributed by atoms with van der Waals surface area (Å²) in [5.74, 6) is -0.301. The van der Waals surface area contributed by atoms with Crippen LogP contribution in [0.25, 0.3) is 0 Å². The van der Waals surface area contributed by atoms with Crippen molar-refractivity contribution in [2.24, 2.45) is 0 Å². The molecular formula is C3H2N2OS. The lowest BCUT2D eigenvalue weighted by atomic mass is 10.7. The third-order valence-electron chi connectivity index (χ3n) is 0.517. The Morgan fingerprint density at radius 2 is 2.43 bits per heavy atom. The molecule has 2 radical (unpaired) electrons. The Morgan fingerprint density at radius 3 is 2.57 bits per heavy atom. The molecule has 0 unspecified atom stereocenters. The summed E-state index contributed by atoms with van der Waals surface area (Å²) in [5, 5.41) is 5.00. The summed E-state index contributed by atoms with van der Waals surface area (Å²) < 4.78 is 0. The summed E-state index contributed by atoms with van der Waals surface area (Å²) in [6, 6.07) is 0. The van der Waals surface area contributed by atoms with Gasteiger partial charge < -0.3 is 10.6 Å². The topological polar surface area (TPSA) is 41.1 Å². The third-order valence-corrected chi connectivity index (χ3v) is 0.721. The molecule has 0 bridgehead atoms. The van der Waals surface area contributed by atoms with Gasteiger partial charge in [0, 0.05) is 0 Å². The van der Waals surface area contributed by atoms with E-state index >= 15 is 0 Å². The minimum Gasteiger partial charge on any atom is -0.343 e. The standard InChI is InChI=1S/C3H2N2OS/c6-2-1-4-3(7)5-2/h(H2,4,5,6,7). The Bertz CT molecular complexity index is 108. The lowest BCUT2D eigenvalue weighted by Crippen LogP contribution is -2.21. The molecule has 2 N–H and O–H groups in total. The van der Waals surface area contributed by atoms with E-state index < -0.39 is 0 Å². The summed E-state index contributed by atoms with van der Waals surface area (Å²) in [6.07, 6.45) is 0. The number of carbonyl (C=O) groups excluding carboxylic acids is 1. The Morgan fingerprint density at radius 1 is 1.71 bits per heavy atom. The maximum atomic E-state index is 10.1. The van der Waals surface area contributed by atoms with E-state index in [1.165, 1.54) is 0 Å². The van der Waals surface area contributed by atoms with E-state index in [0.29, 0.717) is 5.11 Å². The van der Waals surface area contributed by atoms with Gasteiger partial charge in [-0.05, 0) is 12.2 Å². The summed E-state index contributed by atoms with van der Waals surface area (Å²) in [7, 11) is 0. The SMILES string of the molecule is O=C1[C]NC(=S)N1. The normalized spacial score (nSPS) is 18.9. The molecule has 1 aliphatic heterocycles. The Kier molecular flexibility index (Phi) is 0.941. The van der Waals surface area contributed by atoms with Gasteiger partial charge in [-0.15, -0.1) is 0 Å². The minimum absolute atomic E-state index is 0.301. The second-order valence-electron chi connectivity index (χ2n) is 1.03. The average molecular weight is 114 g/mol. The van der Waals surface area contributed by atoms with Crippen LogP contribution in [-0.2, 0) is 4.79 Å². The first kappa shape index (κ1) is 4.52. The first-order valence-electron chi connectivity index (χ1n) is 1.66. The lowest BCUT2D eigenvalue weighted by Gasteiger charge is -1.83. The number of thiocarbonyl (C=S) groups is 1. The van der Waals surface area contributed by atoms with Crippen molar-refractivity contribution in [3.63, 3.8) is 0 Å². The molecule has 1 rings (SSSR count). The molecule has 0 aliphatic carbocycles. The monoisotopic (exact) mass is 114 g/mol. The zero-order valence-corrected chi connectivity index (χ0v) is 4.13. The van der Waals surface area contributed by atoms with E-state index in [0.717, 1.165) is 0 Å². The second kappa shape index (κ2) is 1.46. The van der Waals surface area contributed by atoms with E-state index in [4.69, 9.17) is 0 Å². The molecule has 0 saturated carbocycles. The lowest BCUT2D eigenvalue weighted by molar-refractivity contribution is -0.115. The molecule has 7 heavy (non-hydrogen) atoms. The fourth-order valence-electron chi connectivity index (χ4n) is 0.279. The molecule has 4 heteroatoms. The van der Waals surface area contributed by atoms with E-state index in [1.54, 1.807) is 0 Å². The molecule has 3 nitrogen and oxygen atoms in total. The van der Waals surface area contributed by atoms with Gasteiger partial charge in [-0.25, -0.2) is 0 Å². The molecular weight excluding hydrogens is 112 g/mol. The maximum absolute atomic E-state index is 10.1. The van der Waals surface area contributed by atoms with Gasteiger partial charge in [0.05, 0.1) is 0 Å². The number of hydrogen-bond acceptors (Lipinski definition) is 2. The van der Waals surface area contributed by atoms with Gasteiger partial charge in [-0.1, -0.05) is 0 Å². The van der Waals surface area contributed by atoms with E-state index in [9.17, 15) is 4.79 Å². The molecule has 0 spiro atoms. The van der Waals surface area contributed by atoms with Gasteiger partial charge in [-0.3, -0.25) is 4.79 Å². The molecule has 1 aliphatic rings. The number of nitrogens with one attached hydrogen (secondary N) is 2. The molecule has 1 amide bonds. The quantitative estimate of drug-likeness (QED) is 0.398. The molecule has 1 saturated heterocycles. The predicted molar refractivity (Wildman–Crippen MR) is 27.1 cm³/mol. The van der Waals surface area contributed by atoms with Crippen LogP contribution in [0.5, 0.6) is 0 Å². The first-order chi connectivity index (χ1) is 3.29. The molecule has 1 heterocycles. The molecule has 0 aromatic heterocycles. The highest BCUT2D eigenvalue weighted by Crippen LogP contribution is 1.81. The summed E-state index contributed by atoms with van der Waals surface area (Å²) in [6.45, 7) is 2.23. The number of hydrogen-bond donors (Lipinski definition) is 2. The fraction of sp³-hybridized carbons (Fsp3) is 0. The Labute approximate surface area is 46.1 Å². The third kappa shape index (κ3) is 0.866. The molecule has 0 atom stereocenters. The average Bonchev–Trinajstić information content (AvgIpc) is 1.87. The van der Waals surface area contributed by atoms with Crippen LogP contribution in [-0.4, -0.2) is 11.0 Å². The maximum Gasteiger partial charge on any atom is 0.258 e. The summed E-state index contributed by atoms with van der Waals surface area (Å²) in [5.41, 5.74) is 0. The Balaban J connectivity index is 2.55. The smallest absolute Gasteiger partial charge is 0.258 e. The fourth-order valence-corrected chi connectivity index (χ4v) is 0.423. The predicted octanol–water partition coefficient (Wildman–Crippen LogP) is -0.971. The highest BCUT2D eigenvalue weighted by atomic mass is 32.1. The molecule has 0 aromatic carbocycles. The zero-order chi connectivity index (χ0) is 5.28. The number of carbonyl (C=O) groups is 1. The first-order valence-corrected chi connectivity index (χ1v) is 2.07. The van der Waals surface area contributed by atoms with Gasteiger partial charge in [0.2, 0.25) is 0 Å². The van der Waals surface area contributed by atoms with Crippen LogP contribution in [0.15, 0.2) is 0 Å². The van der Waals surface area contributed by atoms with E-state index in [-0.39, 0.29) is 5.91 Å². The van der Waals surface area contributed by atoms with E-state index in [2.05, 4.69) is 29.4 Å². The highest BCUT2D eigenvalue weighted by molar-refractivity contribution is 7.80. The van der Waals surface area contributed by atoms with Crippen molar-refractivity contribution in [3.8, 4) is 0 Å². The summed E-state index contributed by atoms with van der Waals surface area (Å²) >= 11 is 4.49. The van der Waals surface area contributed by atoms with Gasteiger partial charge in [-0.2, -0.15) is 0 Å². The molecule has 1 fully saturated rings. The van der Waals surface area contributed by atoms with Gasteiger partial charge >= 0.3 is 0 Å². The van der Waals surface area contributed by atoms with Gasteiger partial charge in [0.25, 0.3) is 5.91 Å². The van der Waals surface area contributed by atoms with Gasteiger partial charge in [0.1, 0.15) is 0 Å². The number of rotatable bonds is 0. The van der Waals surface area contributed by atoms with Crippen LogP contribution in [0.3, 0.4) is 0 Å². The summed E-state index contributed by atoms with van der Waals surface area (Å²) in [4.78, 5) is 10.1. The van der Waals surface area contributed by atoms with Crippen LogP contribution in [0.2, 0.25) is 0 Å². The zero-order valence-electron chi connectivity index (χ0n) is 3.32. The van der Waals surface area contributed by atoms with E-state index in [1.807, 2.05) is 0 Å². The van der Waals surface area contributed by atoms with Crippen LogP contribution >= 0.6 is 12.2 Å². The van der Waals surface area contributed by atoms with Crippen LogP contribution in [0.4, 0.5) is 0 Å². The van der Waals surface area contributed by atoms with Crippen molar-refractivity contribution in [2.75, 3.05) is 0 Å². The van der Waals surface area contributed by atoms with Crippen LogP contribution in [0.1, 0.15) is 0 Å². The van der Waals surface area contributed by atoms with Crippen LogP contribution < -0.4 is 10.6 Å².